The van der Waals surface area contributed by atoms with E-state index in [-0.39, 0.29) is 27.9 Å². The van der Waals surface area contributed by atoms with Gasteiger partial charge in [-0.1, -0.05) is 62.0 Å². The standard InChI is InChI=1S/C32H32N4O6S/c1-5-7-10-17-41-22-13-11-12-21(18-22)26-24(27(37)25-19(3)33-23-14-8-9-15-35(23)25)28(38)30(39)36(26)32-34-20(4)29(43-32)31(40)42-16-6-2/h6,8-9,11-15,18,26,37H,2,5,7,10,16-17H2,1,3-4H3. The molecule has 0 spiro atoms. The molecule has 1 atom stereocenters. The fraction of sp³-hybridized carbons (Fsp3) is 0.281. The first-order valence-corrected chi connectivity index (χ1v) is 14.8. The van der Waals surface area contributed by atoms with Crippen molar-refractivity contribution >= 4 is 45.5 Å². The minimum atomic E-state index is -1.06. The number of imidazole rings is 1. The molecule has 222 valence electrons. The second-order valence-electron chi connectivity index (χ2n) is 10.1. The van der Waals surface area contributed by atoms with Gasteiger partial charge in [0.15, 0.2) is 10.9 Å². The van der Waals surface area contributed by atoms with Gasteiger partial charge < -0.3 is 14.6 Å². The van der Waals surface area contributed by atoms with Crippen LogP contribution < -0.4 is 9.64 Å². The molecule has 1 aromatic carbocycles. The molecule has 4 aromatic rings. The van der Waals surface area contributed by atoms with Gasteiger partial charge in [-0.3, -0.25) is 18.9 Å². The van der Waals surface area contributed by atoms with Gasteiger partial charge in [-0.2, -0.15) is 0 Å². The fourth-order valence-corrected chi connectivity index (χ4v) is 6.05. The molecular formula is C32H32N4O6S. The number of anilines is 1. The molecule has 0 bridgehead atoms. The molecular weight excluding hydrogens is 568 g/mol. The van der Waals surface area contributed by atoms with Gasteiger partial charge >= 0.3 is 11.9 Å². The molecule has 1 unspecified atom stereocenters. The molecule has 1 amide bonds. The third kappa shape index (κ3) is 5.68. The van der Waals surface area contributed by atoms with E-state index in [1.165, 1.54) is 11.0 Å². The van der Waals surface area contributed by atoms with Crippen molar-refractivity contribution < 1.29 is 29.0 Å². The summed E-state index contributed by atoms with van der Waals surface area (Å²) in [5, 5.41) is 11.9. The van der Waals surface area contributed by atoms with Crippen LogP contribution in [0.5, 0.6) is 5.75 Å². The zero-order valence-corrected chi connectivity index (χ0v) is 25.0. The van der Waals surface area contributed by atoms with Gasteiger partial charge in [-0.15, -0.1) is 0 Å². The average molecular weight is 601 g/mol. The molecule has 0 aliphatic carbocycles. The van der Waals surface area contributed by atoms with E-state index >= 15 is 0 Å². The minimum absolute atomic E-state index is 0.0136. The molecule has 11 heteroatoms. The Labute approximate surface area is 252 Å². The highest BCUT2D eigenvalue weighted by molar-refractivity contribution is 7.17. The van der Waals surface area contributed by atoms with Crippen molar-refractivity contribution in [3.63, 3.8) is 0 Å². The summed E-state index contributed by atoms with van der Waals surface area (Å²) in [5.74, 6) is -2.18. The number of thiazole rings is 1. The summed E-state index contributed by atoms with van der Waals surface area (Å²) in [6.45, 7) is 9.55. The van der Waals surface area contributed by atoms with E-state index in [1.54, 1.807) is 60.8 Å². The van der Waals surface area contributed by atoms with Crippen LogP contribution in [0.25, 0.3) is 11.4 Å². The summed E-state index contributed by atoms with van der Waals surface area (Å²) in [5.41, 5.74) is 2.12. The Hall–Kier alpha value is -4.77. The maximum absolute atomic E-state index is 13.8. The van der Waals surface area contributed by atoms with E-state index in [0.717, 1.165) is 30.6 Å². The number of aryl methyl sites for hydroxylation is 2. The van der Waals surface area contributed by atoms with Gasteiger partial charge in [0.2, 0.25) is 0 Å². The smallest absolute Gasteiger partial charge is 0.350 e. The van der Waals surface area contributed by atoms with Crippen molar-refractivity contribution in [3.8, 4) is 5.75 Å². The summed E-state index contributed by atoms with van der Waals surface area (Å²) < 4.78 is 12.8. The van der Waals surface area contributed by atoms with Crippen LogP contribution in [0.15, 0.2) is 66.9 Å². The number of nitrogens with zero attached hydrogens (tertiary/aromatic N) is 4. The number of carbonyl (C=O) groups excluding carboxylic acids is 3. The molecule has 5 rings (SSSR count). The number of hydrogen-bond donors (Lipinski definition) is 1. The fourth-order valence-electron chi connectivity index (χ4n) is 5.06. The lowest BCUT2D eigenvalue weighted by molar-refractivity contribution is -0.132. The van der Waals surface area contributed by atoms with Crippen molar-refractivity contribution in [3.05, 3.63) is 94.4 Å². The number of aromatic nitrogens is 3. The lowest BCUT2D eigenvalue weighted by Crippen LogP contribution is -2.29. The van der Waals surface area contributed by atoms with Crippen LogP contribution in [0.2, 0.25) is 0 Å². The van der Waals surface area contributed by atoms with Crippen LogP contribution in [-0.4, -0.2) is 50.3 Å². The summed E-state index contributed by atoms with van der Waals surface area (Å²) in [6.07, 6.45) is 6.14. The number of rotatable bonds is 11. The van der Waals surface area contributed by atoms with Crippen molar-refractivity contribution in [1.29, 1.82) is 0 Å². The number of carbonyl (C=O) groups is 3. The van der Waals surface area contributed by atoms with E-state index in [4.69, 9.17) is 9.47 Å². The first-order valence-electron chi connectivity index (χ1n) is 14.0. The van der Waals surface area contributed by atoms with Gasteiger partial charge in [0.1, 0.15) is 28.6 Å². The summed E-state index contributed by atoms with van der Waals surface area (Å²) >= 11 is 0.940. The molecule has 0 radical (unpaired) electrons. The Morgan fingerprint density at radius 2 is 1.93 bits per heavy atom. The second kappa shape index (κ2) is 12.6. The Morgan fingerprint density at radius 1 is 1.12 bits per heavy atom. The van der Waals surface area contributed by atoms with Crippen molar-refractivity contribution in [2.24, 2.45) is 0 Å². The maximum atomic E-state index is 13.8. The summed E-state index contributed by atoms with van der Waals surface area (Å²) in [7, 11) is 0. The first kappa shape index (κ1) is 29.7. The quantitative estimate of drug-likeness (QED) is 0.0560. The lowest BCUT2D eigenvalue weighted by atomic mass is 9.96. The van der Waals surface area contributed by atoms with E-state index in [0.29, 0.717) is 40.6 Å². The number of ketones is 1. The molecule has 10 nitrogen and oxygen atoms in total. The zero-order chi connectivity index (χ0) is 30.7. The van der Waals surface area contributed by atoms with E-state index in [9.17, 15) is 19.5 Å². The molecule has 0 saturated carbocycles. The predicted molar refractivity (Wildman–Crippen MR) is 164 cm³/mol. The number of pyridine rings is 1. The number of hydrogen-bond acceptors (Lipinski definition) is 9. The number of aliphatic hydroxyl groups is 1. The van der Waals surface area contributed by atoms with Crippen molar-refractivity contribution in [2.75, 3.05) is 18.1 Å². The van der Waals surface area contributed by atoms with Crippen LogP contribution >= 0.6 is 11.3 Å². The topological polar surface area (TPSA) is 123 Å². The maximum Gasteiger partial charge on any atom is 0.350 e. The molecule has 1 aliphatic rings. The molecule has 4 heterocycles. The van der Waals surface area contributed by atoms with Gasteiger partial charge in [0.05, 0.1) is 29.6 Å². The molecule has 1 aliphatic heterocycles. The molecule has 43 heavy (non-hydrogen) atoms. The Bertz CT molecular complexity index is 1750. The Kier molecular flexibility index (Phi) is 8.72. The molecule has 3 aromatic heterocycles. The summed E-state index contributed by atoms with van der Waals surface area (Å²) in [4.78, 5) is 50.6. The average Bonchev–Trinajstić information content (AvgIpc) is 3.63. The zero-order valence-electron chi connectivity index (χ0n) is 24.2. The third-order valence-electron chi connectivity index (χ3n) is 7.07. The van der Waals surface area contributed by atoms with E-state index in [1.807, 2.05) is 6.07 Å². The van der Waals surface area contributed by atoms with Crippen molar-refractivity contribution in [2.45, 2.75) is 46.1 Å². The van der Waals surface area contributed by atoms with Crippen LogP contribution in [-0.2, 0) is 14.3 Å². The SMILES string of the molecule is C=CCOC(=O)c1sc(N2C(=O)C(=O)C(=C(O)c3c(C)nc4ccccn34)C2c2cccc(OCCCCC)c2)nc1C. The Morgan fingerprint density at radius 3 is 2.70 bits per heavy atom. The second-order valence-corrected chi connectivity index (χ2v) is 11.0. The van der Waals surface area contributed by atoms with Gasteiger partial charge in [-0.25, -0.2) is 14.8 Å². The first-order chi connectivity index (χ1) is 20.8. The minimum Gasteiger partial charge on any atom is -0.505 e. The lowest BCUT2D eigenvalue weighted by Gasteiger charge is -2.23. The van der Waals surface area contributed by atoms with Crippen LogP contribution in [0.3, 0.4) is 0 Å². The highest BCUT2D eigenvalue weighted by Gasteiger charge is 2.49. The van der Waals surface area contributed by atoms with E-state index in [2.05, 4.69) is 23.5 Å². The molecule has 1 N–H and O–H groups in total. The monoisotopic (exact) mass is 600 g/mol. The largest absolute Gasteiger partial charge is 0.505 e. The van der Waals surface area contributed by atoms with Crippen molar-refractivity contribution in [1.82, 2.24) is 14.4 Å². The molecule has 1 saturated heterocycles. The highest BCUT2D eigenvalue weighted by Crippen LogP contribution is 2.44. The van der Waals surface area contributed by atoms with Crippen LogP contribution in [0, 0.1) is 13.8 Å². The number of ether oxygens (including phenoxy) is 2. The summed E-state index contributed by atoms with van der Waals surface area (Å²) in [6, 6.07) is 11.4. The number of fused-ring (bicyclic) bond motifs is 1. The van der Waals surface area contributed by atoms with Crippen LogP contribution in [0.1, 0.15) is 64.5 Å². The van der Waals surface area contributed by atoms with Gasteiger partial charge in [-0.05, 0) is 50.1 Å². The number of unbranched alkanes of at least 4 members (excludes halogenated alkanes) is 2. The number of esters is 1. The number of benzene rings is 1. The Balaban J connectivity index is 1.67. The highest BCUT2D eigenvalue weighted by atomic mass is 32.1. The number of Topliss-reactive ketones (excluding diaryl/α,β-unsaturated/α-hetero) is 1. The van der Waals surface area contributed by atoms with E-state index < -0.39 is 23.7 Å². The molecule has 1 fully saturated rings. The predicted octanol–water partition coefficient (Wildman–Crippen LogP) is 5.95. The number of amides is 1. The van der Waals surface area contributed by atoms with Crippen LogP contribution in [0.4, 0.5) is 5.13 Å². The van der Waals surface area contributed by atoms with Gasteiger partial charge in [0.25, 0.3) is 5.78 Å². The normalized spacial score (nSPS) is 16.2. The van der Waals surface area contributed by atoms with Gasteiger partial charge in [0, 0.05) is 6.20 Å². The number of aliphatic hydroxyl groups excluding tert-OH is 1. The third-order valence-corrected chi connectivity index (χ3v) is 8.21.